The largest absolute Gasteiger partial charge is 0.356 e. The molecule has 7 heteroatoms. The first kappa shape index (κ1) is 20.5. The third kappa shape index (κ3) is 6.18. The lowest BCUT2D eigenvalue weighted by Gasteiger charge is -2.21. The molecule has 1 saturated carbocycles. The Balaban J connectivity index is 1.87. The molecule has 7 nitrogen and oxygen atoms in total. The quantitative estimate of drug-likeness (QED) is 0.404. The Labute approximate surface area is 157 Å². The number of guanidine groups is 1. The molecule has 1 aliphatic heterocycles. The van der Waals surface area contributed by atoms with Crippen molar-refractivity contribution in [3.05, 3.63) is 0 Å². The first-order valence-corrected chi connectivity index (χ1v) is 10.0. The maximum absolute atomic E-state index is 12.6. The van der Waals surface area contributed by atoms with Gasteiger partial charge in [-0.05, 0) is 25.7 Å². The van der Waals surface area contributed by atoms with Gasteiger partial charge < -0.3 is 20.4 Å². The van der Waals surface area contributed by atoms with Crippen molar-refractivity contribution in [3.63, 3.8) is 0 Å². The smallest absolute Gasteiger partial charge is 0.243 e. The Hall–Kier alpha value is -1.79. The van der Waals surface area contributed by atoms with Crippen LogP contribution in [0.4, 0.5) is 0 Å². The summed E-state index contributed by atoms with van der Waals surface area (Å²) in [6.45, 7) is 4.64. The van der Waals surface area contributed by atoms with Gasteiger partial charge in [0.15, 0.2) is 5.96 Å². The van der Waals surface area contributed by atoms with Gasteiger partial charge in [0.2, 0.25) is 11.8 Å². The zero-order valence-electron chi connectivity index (χ0n) is 16.6. The predicted molar refractivity (Wildman–Crippen MR) is 104 cm³/mol. The van der Waals surface area contributed by atoms with Crippen molar-refractivity contribution in [1.82, 2.24) is 20.4 Å². The third-order valence-corrected chi connectivity index (χ3v) is 5.24. The third-order valence-electron chi connectivity index (χ3n) is 5.24. The number of carbonyl (C=O) groups is 2. The zero-order chi connectivity index (χ0) is 18.9. The van der Waals surface area contributed by atoms with Crippen LogP contribution in [0.15, 0.2) is 4.99 Å². The number of amides is 2. The van der Waals surface area contributed by atoms with E-state index < -0.39 is 0 Å². The number of hydrogen-bond acceptors (Lipinski definition) is 3. The van der Waals surface area contributed by atoms with Crippen LogP contribution < -0.4 is 10.6 Å². The van der Waals surface area contributed by atoms with Gasteiger partial charge in [-0.1, -0.05) is 26.2 Å². The topological polar surface area (TPSA) is 77.0 Å². The van der Waals surface area contributed by atoms with Crippen LogP contribution in [0.5, 0.6) is 0 Å². The molecule has 0 radical (unpaired) electrons. The van der Waals surface area contributed by atoms with E-state index in [9.17, 15) is 9.59 Å². The first-order valence-electron chi connectivity index (χ1n) is 10.0. The average Bonchev–Trinajstić information content (AvgIpc) is 3.30. The lowest BCUT2D eigenvalue weighted by atomic mass is 10.1. The van der Waals surface area contributed by atoms with Crippen LogP contribution in [0.25, 0.3) is 0 Å². The molecule has 2 rings (SSSR count). The molecule has 26 heavy (non-hydrogen) atoms. The fraction of sp³-hybridized carbons (Fsp3) is 0.842. The second-order valence-electron chi connectivity index (χ2n) is 7.63. The van der Waals surface area contributed by atoms with Gasteiger partial charge in [0.25, 0.3) is 0 Å². The molecule has 0 bridgehead atoms. The van der Waals surface area contributed by atoms with Gasteiger partial charge in [-0.3, -0.25) is 9.59 Å². The zero-order valence-corrected chi connectivity index (χ0v) is 16.6. The van der Waals surface area contributed by atoms with Gasteiger partial charge in [0.05, 0.1) is 0 Å². The monoisotopic (exact) mass is 365 g/mol. The van der Waals surface area contributed by atoms with E-state index in [-0.39, 0.29) is 24.4 Å². The maximum Gasteiger partial charge on any atom is 0.243 e. The van der Waals surface area contributed by atoms with E-state index in [1.54, 1.807) is 19.0 Å². The van der Waals surface area contributed by atoms with Crippen molar-refractivity contribution >= 4 is 17.8 Å². The van der Waals surface area contributed by atoms with Gasteiger partial charge in [0, 0.05) is 45.7 Å². The summed E-state index contributed by atoms with van der Waals surface area (Å²) >= 11 is 0. The van der Waals surface area contributed by atoms with Crippen molar-refractivity contribution in [2.24, 2.45) is 10.9 Å². The predicted octanol–water partition coefficient (Wildman–Crippen LogP) is 1.20. The minimum atomic E-state index is -0.0222. The number of nitrogens with zero attached hydrogens (tertiary/aromatic N) is 3. The van der Waals surface area contributed by atoms with Crippen LogP contribution in [-0.4, -0.2) is 73.9 Å². The molecule has 2 fully saturated rings. The Bertz CT molecular complexity index is 500. The molecule has 0 aromatic rings. The Morgan fingerprint density at radius 1 is 1.19 bits per heavy atom. The van der Waals surface area contributed by atoms with Gasteiger partial charge in [0.1, 0.15) is 6.54 Å². The van der Waals surface area contributed by atoms with Gasteiger partial charge in [-0.15, -0.1) is 0 Å². The molecular weight excluding hydrogens is 330 g/mol. The normalized spacial score (nSPS) is 21.1. The van der Waals surface area contributed by atoms with Crippen molar-refractivity contribution in [3.8, 4) is 0 Å². The highest BCUT2D eigenvalue weighted by Crippen LogP contribution is 2.27. The number of nitrogens with one attached hydrogen (secondary N) is 2. The molecule has 2 amide bonds. The van der Waals surface area contributed by atoms with Crippen LogP contribution in [0.2, 0.25) is 0 Å². The van der Waals surface area contributed by atoms with Crippen LogP contribution in [0.1, 0.15) is 51.9 Å². The molecule has 1 heterocycles. The molecule has 2 aliphatic rings. The highest BCUT2D eigenvalue weighted by atomic mass is 16.2. The molecule has 0 spiro atoms. The molecule has 0 aromatic heterocycles. The molecular formula is C19H35N5O2. The molecule has 1 atom stereocenters. The summed E-state index contributed by atoms with van der Waals surface area (Å²) in [6.07, 6.45) is 7.54. The van der Waals surface area contributed by atoms with E-state index in [1.807, 2.05) is 4.90 Å². The van der Waals surface area contributed by atoms with E-state index >= 15 is 0 Å². The van der Waals surface area contributed by atoms with Gasteiger partial charge in [-0.2, -0.15) is 0 Å². The molecule has 1 unspecified atom stereocenters. The summed E-state index contributed by atoms with van der Waals surface area (Å²) in [6, 6.07) is 0.197. The summed E-state index contributed by atoms with van der Waals surface area (Å²) in [5.74, 6) is 1.22. The number of carbonyl (C=O) groups excluding carboxylic acids is 2. The van der Waals surface area contributed by atoms with Crippen LogP contribution >= 0.6 is 0 Å². The summed E-state index contributed by atoms with van der Waals surface area (Å²) in [5, 5.41) is 6.72. The fourth-order valence-electron chi connectivity index (χ4n) is 3.53. The van der Waals surface area contributed by atoms with E-state index in [2.05, 4.69) is 22.5 Å². The number of rotatable bonds is 7. The number of likely N-dealkylation sites (tertiary alicyclic amines) is 1. The maximum atomic E-state index is 12.6. The lowest BCUT2D eigenvalue weighted by molar-refractivity contribution is -0.134. The first-order chi connectivity index (χ1) is 12.5. The number of hydrogen-bond donors (Lipinski definition) is 2. The second-order valence-corrected chi connectivity index (χ2v) is 7.63. The van der Waals surface area contributed by atoms with Crippen molar-refractivity contribution in [2.45, 2.75) is 57.9 Å². The highest BCUT2D eigenvalue weighted by molar-refractivity contribution is 5.85. The molecule has 0 aromatic carbocycles. The van der Waals surface area contributed by atoms with Gasteiger partial charge >= 0.3 is 0 Å². The van der Waals surface area contributed by atoms with Gasteiger partial charge in [-0.25, -0.2) is 4.99 Å². The summed E-state index contributed by atoms with van der Waals surface area (Å²) in [4.78, 5) is 32.4. The van der Waals surface area contributed by atoms with E-state index in [4.69, 9.17) is 0 Å². The van der Waals surface area contributed by atoms with Crippen LogP contribution in [0, 0.1) is 5.92 Å². The average molecular weight is 366 g/mol. The summed E-state index contributed by atoms with van der Waals surface area (Å²) < 4.78 is 0. The van der Waals surface area contributed by atoms with Crippen LogP contribution in [0.3, 0.4) is 0 Å². The number of unbranched alkanes of at least 4 members (excludes halogenated alkanes) is 1. The van der Waals surface area contributed by atoms with Crippen molar-refractivity contribution in [1.29, 1.82) is 0 Å². The van der Waals surface area contributed by atoms with Crippen molar-refractivity contribution < 1.29 is 9.59 Å². The summed E-state index contributed by atoms with van der Waals surface area (Å²) in [7, 11) is 3.47. The second kappa shape index (κ2) is 10.4. The molecule has 148 valence electrons. The van der Waals surface area contributed by atoms with Crippen molar-refractivity contribution in [2.75, 3.05) is 40.3 Å². The SMILES string of the molecule is CCCCNC(=NCC(=O)N(C)C)NC1CCN(C(=O)C2CCCC2)C1. The van der Waals surface area contributed by atoms with Crippen LogP contribution in [-0.2, 0) is 9.59 Å². The summed E-state index contributed by atoms with van der Waals surface area (Å²) in [5.41, 5.74) is 0. The Kier molecular flexibility index (Phi) is 8.19. The highest BCUT2D eigenvalue weighted by Gasteiger charge is 2.32. The van der Waals surface area contributed by atoms with E-state index in [0.29, 0.717) is 11.9 Å². The van der Waals surface area contributed by atoms with E-state index in [0.717, 1.165) is 51.7 Å². The minimum Gasteiger partial charge on any atom is -0.356 e. The Morgan fingerprint density at radius 3 is 2.58 bits per heavy atom. The van der Waals surface area contributed by atoms with E-state index in [1.165, 1.54) is 12.8 Å². The molecule has 1 saturated heterocycles. The molecule has 2 N–H and O–H groups in total. The standard InChI is InChI=1S/C19H35N5O2/c1-4-5-11-20-19(21-13-17(25)23(2)3)22-16-10-12-24(14-16)18(26)15-8-6-7-9-15/h15-16H,4-14H2,1-3H3,(H2,20,21,22). The minimum absolute atomic E-state index is 0.0222. The lowest BCUT2D eigenvalue weighted by Crippen LogP contribution is -2.46. The fourth-order valence-corrected chi connectivity index (χ4v) is 3.53. The number of aliphatic imine (C=N–C) groups is 1. The molecule has 1 aliphatic carbocycles. The Morgan fingerprint density at radius 2 is 1.92 bits per heavy atom. The number of likely N-dealkylation sites (N-methyl/N-ethyl adjacent to an activating group) is 1.